The average molecular weight is 391 g/mol. The van der Waals surface area contributed by atoms with Crippen LogP contribution in [0.2, 0.25) is 0 Å². The number of rotatable bonds is 4. The largest absolute Gasteiger partial charge is 0.375 e. The summed E-state index contributed by atoms with van der Waals surface area (Å²) in [6, 6.07) is 18.3. The van der Waals surface area contributed by atoms with Crippen LogP contribution in [0, 0.1) is 17.2 Å². The highest BCUT2D eigenvalue weighted by atomic mass is 16.7. The van der Waals surface area contributed by atoms with E-state index in [0.29, 0.717) is 30.7 Å². The molecule has 0 saturated carbocycles. The summed E-state index contributed by atoms with van der Waals surface area (Å²) in [4.78, 5) is 20.5. The lowest BCUT2D eigenvalue weighted by Crippen LogP contribution is -2.50. The Morgan fingerprint density at radius 3 is 2.76 bits per heavy atom. The minimum atomic E-state index is -0.0265. The molecule has 2 aliphatic heterocycles. The normalized spacial score (nSPS) is 24.2. The van der Waals surface area contributed by atoms with Crippen LogP contribution in [0.1, 0.15) is 23.6 Å². The number of likely N-dealkylation sites (tertiary alicyclic amines) is 1. The van der Waals surface area contributed by atoms with Crippen molar-refractivity contribution in [1.82, 2.24) is 9.96 Å². The van der Waals surface area contributed by atoms with Gasteiger partial charge in [0.2, 0.25) is 5.91 Å². The third-order valence-electron chi connectivity index (χ3n) is 5.98. The number of amides is 1. The number of methoxy groups -OCH3 is 1. The molecule has 2 heterocycles. The van der Waals surface area contributed by atoms with Crippen LogP contribution in [0.15, 0.2) is 48.5 Å². The van der Waals surface area contributed by atoms with Crippen LogP contribution in [0.25, 0.3) is 11.1 Å². The summed E-state index contributed by atoms with van der Waals surface area (Å²) >= 11 is 0. The van der Waals surface area contributed by atoms with Crippen LogP contribution in [0.5, 0.6) is 0 Å². The minimum Gasteiger partial charge on any atom is -0.375 e. The lowest BCUT2D eigenvalue weighted by atomic mass is 9.84. The summed E-state index contributed by atoms with van der Waals surface area (Å²) in [6.07, 6.45) is 0.827. The number of hydroxylamine groups is 2. The van der Waals surface area contributed by atoms with Crippen molar-refractivity contribution in [2.24, 2.45) is 5.92 Å². The molecule has 1 amide bonds. The summed E-state index contributed by atoms with van der Waals surface area (Å²) in [5, 5.41) is 11.0. The van der Waals surface area contributed by atoms with Gasteiger partial charge in [0.05, 0.1) is 24.3 Å². The average Bonchev–Trinajstić information content (AvgIpc) is 3.13. The predicted octanol–water partition coefficient (Wildman–Crippen LogP) is 3.01. The summed E-state index contributed by atoms with van der Waals surface area (Å²) in [5.74, 6) is 0.327. The molecule has 6 heteroatoms. The number of piperidine rings is 1. The van der Waals surface area contributed by atoms with Crippen LogP contribution in [0.3, 0.4) is 0 Å². The van der Waals surface area contributed by atoms with Gasteiger partial charge in [0.15, 0.2) is 0 Å². The van der Waals surface area contributed by atoms with E-state index in [1.165, 1.54) is 0 Å². The number of carbonyl (C=O) groups is 1. The van der Waals surface area contributed by atoms with E-state index >= 15 is 0 Å². The molecule has 0 aromatic heterocycles. The Balaban J connectivity index is 1.66. The standard InChI is InChI=1S/C23H25N3O3/c1-25-21-11-22(26(23(27)15-28-2)13-20(21)14-29-25)19-5-3-4-18(10-19)17-8-6-16(12-24)7-9-17/h3-10,20-22H,11,13-15H2,1-2H3/t20-,21-,22-/m0/s1. The lowest BCUT2D eigenvalue weighted by molar-refractivity contribution is -0.143. The van der Waals surface area contributed by atoms with Gasteiger partial charge in [-0.25, -0.2) is 0 Å². The van der Waals surface area contributed by atoms with Gasteiger partial charge < -0.3 is 9.64 Å². The van der Waals surface area contributed by atoms with Crippen molar-refractivity contribution in [3.63, 3.8) is 0 Å². The third kappa shape index (κ3) is 3.90. The van der Waals surface area contributed by atoms with Crippen molar-refractivity contribution in [2.75, 3.05) is 33.9 Å². The Labute approximate surface area is 171 Å². The van der Waals surface area contributed by atoms with Gasteiger partial charge in [0.25, 0.3) is 0 Å². The fourth-order valence-electron chi connectivity index (χ4n) is 4.43. The number of hydrogen-bond donors (Lipinski definition) is 0. The molecule has 6 nitrogen and oxygen atoms in total. The maximum absolute atomic E-state index is 12.8. The molecule has 2 aromatic carbocycles. The van der Waals surface area contributed by atoms with Gasteiger partial charge in [-0.15, -0.1) is 0 Å². The summed E-state index contributed by atoms with van der Waals surface area (Å²) < 4.78 is 5.13. The van der Waals surface area contributed by atoms with Crippen LogP contribution < -0.4 is 0 Å². The summed E-state index contributed by atoms with van der Waals surface area (Å²) in [5.41, 5.74) is 3.87. The first-order valence-electron chi connectivity index (χ1n) is 9.85. The molecular formula is C23H25N3O3. The van der Waals surface area contributed by atoms with Gasteiger partial charge in [-0.2, -0.15) is 10.3 Å². The summed E-state index contributed by atoms with van der Waals surface area (Å²) in [7, 11) is 3.53. The molecule has 0 bridgehead atoms. The van der Waals surface area contributed by atoms with Crippen molar-refractivity contribution >= 4 is 5.91 Å². The Hall–Kier alpha value is -2.72. The molecule has 0 N–H and O–H groups in total. The van der Waals surface area contributed by atoms with E-state index in [9.17, 15) is 4.79 Å². The van der Waals surface area contributed by atoms with E-state index in [-0.39, 0.29) is 18.6 Å². The second kappa shape index (κ2) is 8.34. The highest BCUT2D eigenvalue weighted by molar-refractivity contribution is 5.78. The molecule has 29 heavy (non-hydrogen) atoms. The zero-order valence-corrected chi connectivity index (χ0v) is 16.7. The Bertz CT molecular complexity index is 922. The smallest absolute Gasteiger partial charge is 0.249 e. The highest BCUT2D eigenvalue weighted by Gasteiger charge is 2.44. The maximum Gasteiger partial charge on any atom is 0.249 e. The molecule has 0 radical (unpaired) electrons. The van der Waals surface area contributed by atoms with Crippen molar-refractivity contribution < 1.29 is 14.4 Å². The van der Waals surface area contributed by atoms with E-state index in [0.717, 1.165) is 23.1 Å². The fraction of sp³-hybridized carbons (Fsp3) is 0.391. The maximum atomic E-state index is 12.8. The van der Waals surface area contributed by atoms with Crippen LogP contribution in [-0.4, -0.2) is 55.8 Å². The molecule has 2 aliphatic rings. The highest BCUT2D eigenvalue weighted by Crippen LogP contribution is 2.39. The molecule has 4 rings (SSSR count). The molecule has 2 fully saturated rings. The van der Waals surface area contributed by atoms with Crippen molar-refractivity contribution in [3.8, 4) is 17.2 Å². The number of nitrogens with zero attached hydrogens (tertiary/aromatic N) is 3. The third-order valence-corrected chi connectivity index (χ3v) is 5.98. The number of carbonyl (C=O) groups excluding carboxylic acids is 1. The van der Waals surface area contributed by atoms with Gasteiger partial charge in [-0.05, 0) is 41.3 Å². The van der Waals surface area contributed by atoms with Gasteiger partial charge in [0, 0.05) is 32.7 Å². The molecule has 0 aliphatic carbocycles. The Kier molecular flexibility index (Phi) is 5.63. The topological polar surface area (TPSA) is 65.8 Å². The zero-order valence-electron chi connectivity index (χ0n) is 16.7. The van der Waals surface area contributed by atoms with Gasteiger partial charge in [-0.3, -0.25) is 9.63 Å². The second-order valence-corrected chi connectivity index (χ2v) is 7.71. The molecule has 150 valence electrons. The number of benzene rings is 2. The van der Waals surface area contributed by atoms with Gasteiger partial charge >= 0.3 is 0 Å². The van der Waals surface area contributed by atoms with Crippen LogP contribution >= 0.6 is 0 Å². The van der Waals surface area contributed by atoms with Crippen molar-refractivity contribution in [2.45, 2.75) is 18.5 Å². The first kappa shape index (κ1) is 19.6. The zero-order chi connectivity index (χ0) is 20.4. The lowest BCUT2D eigenvalue weighted by Gasteiger charge is -2.42. The predicted molar refractivity (Wildman–Crippen MR) is 109 cm³/mol. The monoisotopic (exact) mass is 391 g/mol. The van der Waals surface area contributed by atoms with Gasteiger partial charge in [-0.1, -0.05) is 30.3 Å². The molecule has 0 spiro atoms. The number of ether oxygens (including phenoxy) is 1. The number of fused-ring (bicyclic) bond motifs is 1. The van der Waals surface area contributed by atoms with E-state index in [1.807, 2.05) is 47.3 Å². The molecule has 2 aromatic rings. The summed E-state index contributed by atoms with van der Waals surface area (Å²) in [6.45, 7) is 1.40. The minimum absolute atomic E-state index is 0.00859. The van der Waals surface area contributed by atoms with Crippen molar-refractivity contribution in [1.29, 1.82) is 5.26 Å². The molecular weight excluding hydrogens is 366 g/mol. The van der Waals surface area contributed by atoms with E-state index in [2.05, 4.69) is 24.3 Å². The first-order chi connectivity index (χ1) is 14.1. The molecule has 0 unspecified atom stereocenters. The van der Waals surface area contributed by atoms with Gasteiger partial charge in [0.1, 0.15) is 6.61 Å². The fourth-order valence-corrected chi connectivity index (χ4v) is 4.43. The Morgan fingerprint density at radius 1 is 1.24 bits per heavy atom. The number of hydrogen-bond acceptors (Lipinski definition) is 5. The molecule has 2 saturated heterocycles. The Morgan fingerprint density at radius 2 is 2.03 bits per heavy atom. The second-order valence-electron chi connectivity index (χ2n) is 7.71. The van der Waals surface area contributed by atoms with E-state index in [4.69, 9.17) is 14.8 Å². The quantitative estimate of drug-likeness (QED) is 0.802. The molecule has 3 atom stereocenters. The van der Waals surface area contributed by atoms with E-state index < -0.39 is 0 Å². The SMILES string of the molecule is COCC(=O)N1C[C@H]2CON(C)[C@H]2C[C@H]1c1cccc(-c2ccc(C#N)cc2)c1. The van der Waals surface area contributed by atoms with Crippen molar-refractivity contribution in [3.05, 3.63) is 59.7 Å². The van der Waals surface area contributed by atoms with Crippen LogP contribution in [0.4, 0.5) is 0 Å². The number of nitriles is 1. The first-order valence-corrected chi connectivity index (χ1v) is 9.85. The van der Waals surface area contributed by atoms with Crippen LogP contribution in [-0.2, 0) is 14.4 Å². The van der Waals surface area contributed by atoms with E-state index in [1.54, 1.807) is 7.11 Å².